The molecule has 0 fully saturated rings. The van der Waals surface area contributed by atoms with Crippen LogP contribution in [0.3, 0.4) is 0 Å². The molecular formula is C20H19N3O4. The molecule has 27 heavy (non-hydrogen) atoms. The first-order valence-electron chi connectivity index (χ1n) is 8.46. The van der Waals surface area contributed by atoms with Gasteiger partial charge >= 0.3 is 17.8 Å². The van der Waals surface area contributed by atoms with Crippen LogP contribution < -0.4 is 5.43 Å². The molecule has 0 atom stereocenters. The van der Waals surface area contributed by atoms with Crippen LogP contribution in [0.4, 0.5) is 0 Å². The summed E-state index contributed by atoms with van der Waals surface area (Å²) in [6.07, 6.45) is 2.13. The molecule has 0 bridgehead atoms. The van der Waals surface area contributed by atoms with E-state index >= 15 is 0 Å². The highest BCUT2D eigenvalue weighted by molar-refractivity contribution is 6.35. The molecule has 2 aromatic rings. The number of benzene rings is 2. The van der Waals surface area contributed by atoms with Crippen molar-refractivity contribution >= 4 is 24.0 Å². The van der Waals surface area contributed by atoms with E-state index in [1.165, 1.54) is 23.8 Å². The highest BCUT2D eigenvalue weighted by atomic mass is 16.5. The number of hydrogen-bond acceptors (Lipinski definition) is 5. The van der Waals surface area contributed by atoms with E-state index in [2.05, 4.69) is 15.3 Å². The van der Waals surface area contributed by atoms with Gasteiger partial charge in [0.05, 0.1) is 18.9 Å². The Kier molecular flexibility index (Phi) is 5.61. The molecule has 1 aliphatic rings. The van der Waals surface area contributed by atoms with Crippen LogP contribution in [0.5, 0.6) is 0 Å². The fourth-order valence-electron chi connectivity index (χ4n) is 2.85. The molecule has 7 nitrogen and oxygen atoms in total. The monoisotopic (exact) mass is 365 g/mol. The number of carbonyl (C=O) groups excluding carboxylic acids is 3. The molecule has 0 unspecified atom stereocenters. The molecule has 0 radical (unpaired) electrons. The third-order valence-electron chi connectivity index (χ3n) is 4.32. The largest absolute Gasteiger partial charge is 0.465 e. The number of amides is 2. The molecule has 2 amide bonds. The minimum absolute atomic E-state index is 0.416. The number of nitrogens with one attached hydrogen (secondary N) is 1. The molecule has 1 aliphatic heterocycles. The minimum atomic E-state index is -0.781. The SMILES string of the molecule is COC(=O)c1ccc(/C=N/NC(=O)C(=O)N2CCc3ccccc3C2)cc1. The standard InChI is InChI=1S/C20H19N3O4/c1-27-20(26)16-8-6-14(7-9-16)12-21-22-18(24)19(25)23-11-10-15-4-2-3-5-17(15)13-23/h2-9,12H,10-11,13H2,1H3,(H,22,24)/b21-12+. The minimum Gasteiger partial charge on any atom is -0.465 e. The first kappa shape index (κ1) is 18.3. The molecule has 1 heterocycles. The molecule has 0 spiro atoms. The van der Waals surface area contributed by atoms with E-state index in [0.29, 0.717) is 24.2 Å². The number of esters is 1. The van der Waals surface area contributed by atoms with Gasteiger partial charge < -0.3 is 9.64 Å². The first-order chi connectivity index (χ1) is 13.1. The predicted molar refractivity (Wildman–Crippen MR) is 99.1 cm³/mol. The highest BCUT2D eigenvalue weighted by Crippen LogP contribution is 2.18. The number of methoxy groups -OCH3 is 1. The van der Waals surface area contributed by atoms with E-state index in [4.69, 9.17) is 0 Å². The van der Waals surface area contributed by atoms with Crippen LogP contribution in [-0.4, -0.2) is 42.6 Å². The zero-order valence-corrected chi connectivity index (χ0v) is 14.8. The number of rotatable bonds is 3. The Bertz CT molecular complexity index is 890. The molecule has 7 heteroatoms. The summed E-state index contributed by atoms with van der Waals surface area (Å²) < 4.78 is 4.62. The maximum atomic E-state index is 12.3. The van der Waals surface area contributed by atoms with Crippen LogP contribution in [-0.2, 0) is 27.3 Å². The van der Waals surface area contributed by atoms with Crippen LogP contribution in [0.2, 0.25) is 0 Å². The van der Waals surface area contributed by atoms with Crippen LogP contribution in [0.15, 0.2) is 53.6 Å². The quantitative estimate of drug-likeness (QED) is 0.386. The Balaban J connectivity index is 1.55. The summed E-state index contributed by atoms with van der Waals surface area (Å²) >= 11 is 0. The van der Waals surface area contributed by atoms with Crippen molar-refractivity contribution in [2.45, 2.75) is 13.0 Å². The van der Waals surface area contributed by atoms with Gasteiger partial charge in [0.1, 0.15) is 0 Å². The van der Waals surface area contributed by atoms with Crippen molar-refractivity contribution < 1.29 is 19.1 Å². The second-order valence-corrected chi connectivity index (χ2v) is 6.06. The van der Waals surface area contributed by atoms with Crippen molar-refractivity contribution in [2.75, 3.05) is 13.7 Å². The predicted octanol–water partition coefficient (Wildman–Crippen LogP) is 1.51. The van der Waals surface area contributed by atoms with Crippen molar-refractivity contribution in [1.29, 1.82) is 0 Å². The van der Waals surface area contributed by atoms with Crippen molar-refractivity contribution in [3.8, 4) is 0 Å². The van der Waals surface area contributed by atoms with E-state index in [9.17, 15) is 14.4 Å². The van der Waals surface area contributed by atoms with Gasteiger partial charge in [-0.15, -0.1) is 0 Å². The lowest BCUT2D eigenvalue weighted by Crippen LogP contribution is -2.43. The Morgan fingerprint density at radius 2 is 1.78 bits per heavy atom. The van der Waals surface area contributed by atoms with Gasteiger partial charge in [-0.25, -0.2) is 10.2 Å². The van der Waals surface area contributed by atoms with E-state index in [0.717, 1.165) is 12.0 Å². The van der Waals surface area contributed by atoms with Crippen molar-refractivity contribution in [1.82, 2.24) is 10.3 Å². The van der Waals surface area contributed by atoms with Crippen molar-refractivity contribution in [3.05, 3.63) is 70.8 Å². The fraction of sp³-hybridized carbons (Fsp3) is 0.200. The fourth-order valence-corrected chi connectivity index (χ4v) is 2.85. The Morgan fingerprint density at radius 3 is 2.48 bits per heavy atom. The van der Waals surface area contributed by atoms with Crippen molar-refractivity contribution in [2.24, 2.45) is 5.10 Å². The number of carbonyl (C=O) groups is 3. The number of fused-ring (bicyclic) bond motifs is 1. The van der Waals surface area contributed by atoms with Gasteiger partial charge in [-0.2, -0.15) is 5.10 Å². The second-order valence-electron chi connectivity index (χ2n) is 6.06. The molecule has 138 valence electrons. The maximum absolute atomic E-state index is 12.3. The Labute approximate surface area is 156 Å². The smallest absolute Gasteiger partial charge is 0.337 e. The molecule has 0 aliphatic carbocycles. The van der Waals surface area contributed by atoms with Gasteiger partial charge in [0.15, 0.2) is 0 Å². The van der Waals surface area contributed by atoms with Crippen LogP contribution in [0, 0.1) is 0 Å². The van der Waals surface area contributed by atoms with Crippen molar-refractivity contribution in [3.63, 3.8) is 0 Å². The number of ether oxygens (including phenoxy) is 1. The summed E-state index contributed by atoms with van der Waals surface area (Å²) in [5, 5.41) is 3.81. The van der Waals surface area contributed by atoms with Crippen LogP contribution in [0.1, 0.15) is 27.0 Å². The van der Waals surface area contributed by atoms with Gasteiger partial charge in [0.25, 0.3) is 0 Å². The number of hydrogen-bond donors (Lipinski definition) is 1. The molecule has 0 aromatic heterocycles. The number of hydrazone groups is 1. The summed E-state index contributed by atoms with van der Waals surface area (Å²) in [5.41, 5.74) is 5.59. The summed E-state index contributed by atoms with van der Waals surface area (Å²) in [7, 11) is 1.31. The zero-order chi connectivity index (χ0) is 19.2. The van der Waals surface area contributed by atoms with Gasteiger partial charge in [-0.3, -0.25) is 9.59 Å². The lowest BCUT2D eigenvalue weighted by Gasteiger charge is -2.27. The molecular weight excluding hydrogens is 346 g/mol. The average molecular weight is 365 g/mol. The Morgan fingerprint density at radius 1 is 1.07 bits per heavy atom. The number of nitrogens with zero attached hydrogens (tertiary/aromatic N) is 2. The second kappa shape index (κ2) is 8.27. The third kappa shape index (κ3) is 4.38. The normalized spacial score (nSPS) is 13.1. The van der Waals surface area contributed by atoms with Gasteiger partial charge in [-0.05, 0) is 35.2 Å². The van der Waals surface area contributed by atoms with E-state index < -0.39 is 17.8 Å². The summed E-state index contributed by atoms with van der Waals surface area (Å²) in [6.45, 7) is 0.920. The van der Waals surface area contributed by atoms with Gasteiger partial charge in [0.2, 0.25) is 0 Å². The molecule has 0 saturated carbocycles. The summed E-state index contributed by atoms with van der Waals surface area (Å²) in [6, 6.07) is 14.4. The highest BCUT2D eigenvalue weighted by Gasteiger charge is 2.25. The molecule has 2 aromatic carbocycles. The maximum Gasteiger partial charge on any atom is 0.337 e. The lowest BCUT2D eigenvalue weighted by molar-refractivity contribution is -0.146. The van der Waals surface area contributed by atoms with E-state index in [-0.39, 0.29) is 0 Å². The van der Waals surface area contributed by atoms with Crippen LogP contribution in [0.25, 0.3) is 0 Å². The van der Waals surface area contributed by atoms with E-state index in [1.807, 2.05) is 24.3 Å². The molecule has 0 saturated heterocycles. The lowest BCUT2D eigenvalue weighted by atomic mass is 10.00. The van der Waals surface area contributed by atoms with Crippen LogP contribution >= 0.6 is 0 Å². The van der Waals surface area contributed by atoms with Gasteiger partial charge in [0, 0.05) is 13.1 Å². The topological polar surface area (TPSA) is 88.1 Å². The van der Waals surface area contributed by atoms with E-state index in [1.54, 1.807) is 24.3 Å². The zero-order valence-electron chi connectivity index (χ0n) is 14.8. The third-order valence-corrected chi connectivity index (χ3v) is 4.32. The summed E-state index contributed by atoms with van der Waals surface area (Å²) in [4.78, 5) is 37.2. The first-order valence-corrected chi connectivity index (χ1v) is 8.46. The summed E-state index contributed by atoms with van der Waals surface area (Å²) in [5.74, 6) is -1.82. The van der Waals surface area contributed by atoms with Gasteiger partial charge in [-0.1, -0.05) is 36.4 Å². The Hall–Kier alpha value is -3.48. The molecule has 3 rings (SSSR count). The average Bonchev–Trinajstić information content (AvgIpc) is 2.72. The molecule has 1 N–H and O–H groups in total.